The van der Waals surface area contributed by atoms with Gasteiger partial charge < -0.3 is 30.2 Å². The Hall–Kier alpha value is -4.48. The summed E-state index contributed by atoms with van der Waals surface area (Å²) in [5, 5.41) is 7.59. The van der Waals surface area contributed by atoms with Crippen LogP contribution in [0.25, 0.3) is 21.1 Å². The number of carbonyl (C=O) groups excluding carboxylic acids is 2. The maximum absolute atomic E-state index is 14.1. The molecule has 2 amide bonds. The Morgan fingerprint density at radius 1 is 1.02 bits per heavy atom. The maximum atomic E-state index is 14.1. The molecule has 1 fully saturated rings. The van der Waals surface area contributed by atoms with Gasteiger partial charge in [-0.25, -0.2) is 9.37 Å². The molecular weight excluding hydrogens is 555 g/mol. The van der Waals surface area contributed by atoms with Gasteiger partial charge in [0.15, 0.2) is 0 Å². The van der Waals surface area contributed by atoms with Gasteiger partial charge in [0.2, 0.25) is 0 Å². The number of anilines is 3. The van der Waals surface area contributed by atoms with Crippen LogP contribution in [0.2, 0.25) is 0 Å². The monoisotopic (exact) mass is 586 g/mol. The van der Waals surface area contributed by atoms with E-state index in [0.29, 0.717) is 33.1 Å². The van der Waals surface area contributed by atoms with E-state index in [4.69, 9.17) is 4.74 Å². The summed E-state index contributed by atoms with van der Waals surface area (Å²) in [6, 6.07) is 13.9. The molecule has 42 heavy (non-hydrogen) atoms. The number of fused-ring (bicyclic) bond motifs is 3. The van der Waals surface area contributed by atoms with E-state index in [-0.39, 0.29) is 5.91 Å². The largest absolute Gasteiger partial charge is 0.497 e. The van der Waals surface area contributed by atoms with E-state index < -0.39 is 12.6 Å². The van der Waals surface area contributed by atoms with Crippen LogP contribution in [0.3, 0.4) is 0 Å². The quantitative estimate of drug-likeness (QED) is 0.209. The Kier molecular flexibility index (Phi) is 7.77. The van der Waals surface area contributed by atoms with E-state index >= 15 is 0 Å². The minimum atomic E-state index is -0.633. The molecule has 4 heterocycles. The van der Waals surface area contributed by atoms with Gasteiger partial charge in [-0.15, -0.1) is 11.3 Å². The zero-order valence-electron chi connectivity index (χ0n) is 23.4. The van der Waals surface area contributed by atoms with Crippen molar-refractivity contribution in [1.82, 2.24) is 14.9 Å². The number of aromatic amines is 1. The number of thiophene rings is 1. The minimum Gasteiger partial charge on any atom is -0.497 e. The van der Waals surface area contributed by atoms with Crippen LogP contribution in [0.1, 0.15) is 32.5 Å². The number of hydrogen-bond donors (Lipinski definition) is 3. The third kappa shape index (κ3) is 5.53. The molecule has 11 heteroatoms. The lowest BCUT2D eigenvalue weighted by molar-refractivity contribution is 0.101. The number of benzene rings is 2. The van der Waals surface area contributed by atoms with Crippen LogP contribution in [0.4, 0.5) is 21.5 Å². The van der Waals surface area contributed by atoms with Crippen molar-refractivity contribution in [1.29, 1.82) is 0 Å². The summed E-state index contributed by atoms with van der Waals surface area (Å²) >= 11 is 1.38. The SMILES string of the molecule is CCN1CCN(c2ccc(NC(=O)c3cc(NC(=O)c4cc5cnc6[nH]ccc6c5s4)cc(OC)c3)cc2CF)CC1. The van der Waals surface area contributed by atoms with Gasteiger partial charge in [-0.2, -0.15) is 0 Å². The normalized spacial score (nSPS) is 13.9. The standard InChI is InChI=1S/C31H31FN6O3S/c1-3-37-8-10-38(11-9-37)26-5-4-22(13-20(26)17-32)35-30(39)19-12-23(16-24(14-19)41-2)36-31(40)27-15-21-18-34-29-25(6-7-33-29)28(21)42-27/h4-7,12-16,18H,3,8-11,17H2,1-2H3,(H,33,34)(H,35,39)(H,36,40). The molecule has 0 radical (unpaired) electrons. The Morgan fingerprint density at radius 2 is 1.83 bits per heavy atom. The molecular formula is C31H31FN6O3S. The second-order valence-electron chi connectivity index (χ2n) is 10.2. The van der Waals surface area contributed by atoms with Crippen LogP contribution in [0.15, 0.2) is 60.9 Å². The molecule has 6 rings (SSSR count). The van der Waals surface area contributed by atoms with E-state index in [0.717, 1.165) is 59.5 Å². The number of H-pyrrole nitrogens is 1. The molecule has 2 aromatic carbocycles. The predicted octanol–water partition coefficient (Wildman–Crippen LogP) is 5.90. The number of ether oxygens (including phenoxy) is 1. The third-order valence-corrected chi connectivity index (χ3v) is 8.77. The number of pyridine rings is 1. The molecule has 0 aliphatic carbocycles. The third-order valence-electron chi connectivity index (χ3n) is 7.59. The first-order valence-electron chi connectivity index (χ1n) is 13.8. The number of aromatic nitrogens is 2. The number of methoxy groups -OCH3 is 1. The highest BCUT2D eigenvalue weighted by molar-refractivity contribution is 7.21. The number of nitrogens with one attached hydrogen (secondary N) is 3. The molecule has 1 aliphatic rings. The lowest BCUT2D eigenvalue weighted by Crippen LogP contribution is -2.46. The van der Waals surface area contributed by atoms with E-state index in [1.807, 2.05) is 18.3 Å². The lowest BCUT2D eigenvalue weighted by atomic mass is 10.1. The number of likely N-dealkylation sites (N-methyl/N-ethyl adjacent to an activating group) is 1. The first kappa shape index (κ1) is 27.7. The van der Waals surface area contributed by atoms with E-state index in [1.54, 1.807) is 42.6 Å². The number of nitrogens with zero attached hydrogens (tertiary/aromatic N) is 3. The van der Waals surface area contributed by atoms with Crippen molar-refractivity contribution in [3.05, 3.63) is 76.9 Å². The number of amides is 2. The highest BCUT2D eigenvalue weighted by atomic mass is 32.1. The Balaban J connectivity index is 1.19. The van der Waals surface area contributed by atoms with Gasteiger partial charge in [0.05, 0.1) is 12.0 Å². The van der Waals surface area contributed by atoms with Gasteiger partial charge in [0, 0.05) is 88.3 Å². The van der Waals surface area contributed by atoms with Crippen molar-refractivity contribution in [2.75, 3.05) is 55.4 Å². The number of carbonyl (C=O) groups is 2. The zero-order chi connectivity index (χ0) is 29.2. The van der Waals surface area contributed by atoms with Crippen molar-refractivity contribution in [2.45, 2.75) is 13.6 Å². The number of rotatable bonds is 8. The number of alkyl halides is 1. The molecule has 5 aromatic rings. The molecule has 9 nitrogen and oxygen atoms in total. The summed E-state index contributed by atoms with van der Waals surface area (Å²) in [6.45, 7) is 6.05. The van der Waals surface area contributed by atoms with Gasteiger partial charge in [-0.1, -0.05) is 6.92 Å². The highest BCUT2D eigenvalue weighted by Gasteiger charge is 2.20. The molecule has 0 bridgehead atoms. The molecule has 216 valence electrons. The van der Waals surface area contributed by atoms with Crippen molar-refractivity contribution >= 4 is 61.3 Å². The topological polar surface area (TPSA) is 103 Å². The van der Waals surface area contributed by atoms with Crippen molar-refractivity contribution in [3.8, 4) is 5.75 Å². The lowest BCUT2D eigenvalue weighted by Gasteiger charge is -2.36. The highest BCUT2D eigenvalue weighted by Crippen LogP contribution is 2.32. The summed E-state index contributed by atoms with van der Waals surface area (Å²) in [5.41, 5.74) is 3.35. The van der Waals surface area contributed by atoms with Gasteiger partial charge in [-0.3, -0.25) is 9.59 Å². The van der Waals surface area contributed by atoms with Crippen molar-refractivity contribution < 1.29 is 18.7 Å². The fourth-order valence-corrected chi connectivity index (χ4v) is 6.36. The average Bonchev–Trinajstić information content (AvgIpc) is 3.68. The molecule has 3 aromatic heterocycles. The van der Waals surface area contributed by atoms with Crippen LogP contribution < -0.4 is 20.3 Å². The first-order valence-corrected chi connectivity index (χ1v) is 14.6. The Bertz CT molecular complexity index is 1780. The fourth-order valence-electron chi connectivity index (χ4n) is 5.31. The fraction of sp³-hybridized carbons (Fsp3) is 0.258. The molecule has 0 spiro atoms. The van der Waals surface area contributed by atoms with E-state index in [9.17, 15) is 14.0 Å². The van der Waals surface area contributed by atoms with E-state index in [2.05, 4.69) is 37.3 Å². The van der Waals surface area contributed by atoms with Crippen LogP contribution >= 0.6 is 11.3 Å². The number of halogens is 1. The van der Waals surface area contributed by atoms with Crippen molar-refractivity contribution in [3.63, 3.8) is 0 Å². The predicted molar refractivity (Wildman–Crippen MR) is 166 cm³/mol. The molecule has 3 N–H and O–H groups in total. The second-order valence-corrected chi connectivity index (χ2v) is 11.2. The van der Waals surface area contributed by atoms with Crippen LogP contribution in [-0.2, 0) is 6.67 Å². The molecule has 0 unspecified atom stereocenters. The Labute approximate surface area is 246 Å². The maximum Gasteiger partial charge on any atom is 0.265 e. The van der Waals surface area contributed by atoms with Crippen molar-refractivity contribution in [2.24, 2.45) is 0 Å². The molecule has 1 saturated heterocycles. The average molecular weight is 587 g/mol. The van der Waals surface area contributed by atoms with Crippen LogP contribution in [0.5, 0.6) is 5.75 Å². The van der Waals surface area contributed by atoms with Gasteiger partial charge in [-0.05, 0) is 49.0 Å². The van der Waals surface area contributed by atoms with Gasteiger partial charge >= 0.3 is 0 Å². The minimum absolute atomic E-state index is 0.292. The van der Waals surface area contributed by atoms with Gasteiger partial charge in [0.1, 0.15) is 18.1 Å². The summed E-state index contributed by atoms with van der Waals surface area (Å²) in [7, 11) is 1.50. The molecule has 0 atom stereocenters. The van der Waals surface area contributed by atoms with Crippen LogP contribution in [0, 0.1) is 0 Å². The smallest absolute Gasteiger partial charge is 0.265 e. The summed E-state index contributed by atoms with van der Waals surface area (Å²) < 4.78 is 20.4. The summed E-state index contributed by atoms with van der Waals surface area (Å²) in [4.78, 5) is 39.0. The second kappa shape index (κ2) is 11.8. The van der Waals surface area contributed by atoms with Gasteiger partial charge in [0.25, 0.3) is 11.8 Å². The Morgan fingerprint density at radius 3 is 2.60 bits per heavy atom. The summed E-state index contributed by atoms with van der Waals surface area (Å²) in [6.07, 6.45) is 3.56. The molecule has 1 aliphatic heterocycles. The van der Waals surface area contributed by atoms with E-state index in [1.165, 1.54) is 18.4 Å². The molecule has 0 saturated carbocycles. The van der Waals surface area contributed by atoms with Crippen LogP contribution in [-0.4, -0.2) is 66.5 Å². The number of piperazine rings is 1. The zero-order valence-corrected chi connectivity index (χ0v) is 24.2. The number of hydrogen-bond acceptors (Lipinski definition) is 7. The summed E-state index contributed by atoms with van der Waals surface area (Å²) in [5.74, 6) is -0.290. The first-order chi connectivity index (χ1) is 20.4.